The van der Waals surface area contributed by atoms with Crippen molar-refractivity contribution >= 4 is 23.4 Å². The fourth-order valence-electron chi connectivity index (χ4n) is 3.27. The van der Waals surface area contributed by atoms with E-state index in [-0.39, 0.29) is 11.6 Å². The Bertz CT molecular complexity index is 1200. The highest BCUT2D eigenvalue weighted by Gasteiger charge is 2.16. The number of fused-ring (bicyclic) bond motifs is 1. The molecule has 0 unspecified atom stereocenters. The van der Waals surface area contributed by atoms with Crippen molar-refractivity contribution in [3.63, 3.8) is 0 Å². The van der Waals surface area contributed by atoms with Crippen molar-refractivity contribution in [1.29, 1.82) is 0 Å². The highest BCUT2D eigenvalue weighted by atomic mass is 32.2. The van der Waals surface area contributed by atoms with Crippen molar-refractivity contribution in [3.8, 4) is 17.1 Å². The molecular weight excluding hydrogens is 410 g/mol. The summed E-state index contributed by atoms with van der Waals surface area (Å²) in [6.45, 7) is 1.35. The molecule has 0 spiro atoms. The predicted octanol–water partition coefficient (Wildman–Crippen LogP) is 4.28. The third-order valence-corrected chi connectivity index (χ3v) is 5.79. The van der Waals surface area contributed by atoms with Gasteiger partial charge in [0.15, 0.2) is 5.16 Å². The van der Waals surface area contributed by atoms with Gasteiger partial charge in [-0.25, -0.2) is 15.0 Å². The first-order chi connectivity index (χ1) is 15.2. The van der Waals surface area contributed by atoms with Crippen molar-refractivity contribution in [2.24, 2.45) is 0 Å². The number of imidazole rings is 1. The molecule has 7 nitrogen and oxygen atoms in total. The molecule has 0 bridgehead atoms. The Kier molecular flexibility index (Phi) is 5.37. The predicted molar refractivity (Wildman–Crippen MR) is 119 cm³/mol. The highest BCUT2D eigenvalue weighted by molar-refractivity contribution is 7.99. The molecule has 154 valence electrons. The van der Waals surface area contributed by atoms with Gasteiger partial charge in [-0.15, -0.1) is 0 Å². The fraction of sp³-hybridized carbons (Fsp3) is 0.130. The summed E-state index contributed by atoms with van der Waals surface area (Å²) in [7, 11) is 0. The van der Waals surface area contributed by atoms with E-state index in [1.54, 1.807) is 17.8 Å². The second-order valence-corrected chi connectivity index (χ2v) is 8.06. The van der Waals surface area contributed by atoms with Crippen LogP contribution in [0, 0.1) is 0 Å². The summed E-state index contributed by atoms with van der Waals surface area (Å²) in [5.74, 6) is 1.09. The van der Waals surface area contributed by atoms with Gasteiger partial charge in [0.2, 0.25) is 5.88 Å². The Morgan fingerprint density at radius 3 is 2.87 bits per heavy atom. The molecule has 1 N–H and O–H groups in total. The normalized spacial score (nSPS) is 12.4. The van der Waals surface area contributed by atoms with E-state index >= 15 is 0 Å². The van der Waals surface area contributed by atoms with Gasteiger partial charge in [-0.2, -0.15) is 0 Å². The third-order valence-electron chi connectivity index (χ3n) is 4.82. The van der Waals surface area contributed by atoms with Crippen molar-refractivity contribution < 1.29 is 9.53 Å². The van der Waals surface area contributed by atoms with Gasteiger partial charge in [0.25, 0.3) is 5.91 Å². The molecule has 0 saturated heterocycles. The lowest BCUT2D eigenvalue weighted by Gasteiger charge is -2.08. The second kappa shape index (κ2) is 8.61. The van der Waals surface area contributed by atoms with E-state index in [1.807, 2.05) is 54.6 Å². The van der Waals surface area contributed by atoms with Crippen LogP contribution in [0.4, 0.5) is 5.69 Å². The number of carbonyl (C=O) groups excluding carboxylic acids is 1. The molecule has 0 aliphatic carbocycles. The molecule has 0 atom stereocenters. The number of ether oxygens (including phenoxy) is 1. The average Bonchev–Trinajstić information content (AvgIpc) is 3.41. The number of rotatable bonds is 6. The number of hydrogen-bond donors (Lipinski definition) is 1. The zero-order valence-electron chi connectivity index (χ0n) is 16.6. The maximum Gasteiger partial charge on any atom is 0.274 e. The van der Waals surface area contributed by atoms with Gasteiger partial charge in [-0.3, -0.25) is 4.79 Å². The van der Waals surface area contributed by atoms with Crippen molar-refractivity contribution in [1.82, 2.24) is 19.5 Å². The van der Waals surface area contributed by atoms with E-state index in [0.29, 0.717) is 18.2 Å². The molecule has 3 heterocycles. The van der Waals surface area contributed by atoms with Gasteiger partial charge >= 0.3 is 0 Å². The minimum atomic E-state index is -0.327. The molecule has 4 aromatic rings. The monoisotopic (exact) mass is 429 g/mol. The number of nitrogens with zero attached hydrogens (tertiary/aromatic N) is 4. The molecule has 0 radical (unpaired) electrons. The Balaban J connectivity index is 1.28. The Hall–Kier alpha value is -3.65. The minimum Gasteiger partial charge on any atom is -0.473 e. The summed E-state index contributed by atoms with van der Waals surface area (Å²) in [6.07, 6.45) is 3.38. The fourth-order valence-corrected chi connectivity index (χ4v) is 4.22. The number of hydrogen-bond acceptors (Lipinski definition) is 6. The topological polar surface area (TPSA) is 81.9 Å². The summed E-state index contributed by atoms with van der Waals surface area (Å²) in [4.78, 5) is 25.6. The van der Waals surface area contributed by atoms with Gasteiger partial charge < -0.3 is 14.6 Å². The number of thioether (sulfide) groups is 1. The van der Waals surface area contributed by atoms with Gasteiger partial charge in [0, 0.05) is 35.8 Å². The lowest BCUT2D eigenvalue weighted by Crippen LogP contribution is -2.14. The van der Waals surface area contributed by atoms with Crippen LogP contribution in [0.2, 0.25) is 0 Å². The summed E-state index contributed by atoms with van der Waals surface area (Å²) < 4.78 is 7.85. The second-order valence-electron chi connectivity index (χ2n) is 7.00. The summed E-state index contributed by atoms with van der Waals surface area (Å²) in [6, 6.07) is 19.0. The van der Waals surface area contributed by atoms with Crippen LogP contribution >= 0.6 is 11.8 Å². The number of nitrogens with one attached hydrogen (secondary N) is 1. The quantitative estimate of drug-likeness (QED) is 0.493. The maximum atomic E-state index is 12.7. The summed E-state index contributed by atoms with van der Waals surface area (Å²) in [5, 5.41) is 3.93. The first-order valence-electron chi connectivity index (χ1n) is 9.85. The molecule has 0 fully saturated rings. The lowest BCUT2D eigenvalue weighted by molar-refractivity contribution is 0.102. The number of benzene rings is 2. The third kappa shape index (κ3) is 4.44. The van der Waals surface area contributed by atoms with Crippen LogP contribution in [0.15, 0.2) is 78.3 Å². The number of carbonyl (C=O) groups is 1. The number of aryl methyl sites for hydroxylation is 1. The van der Waals surface area contributed by atoms with E-state index in [1.165, 1.54) is 6.33 Å². The van der Waals surface area contributed by atoms with E-state index in [0.717, 1.165) is 34.3 Å². The first-order valence-corrected chi connectivity index (χ1v) is 10.8. The smallest absolute Gasteiger partial charge is 0.274 e. The van der Waals surface area contributed by atoms with Crippen LogP contribution < -0.4 is 10.1 Å². The molecule has 1 amide bonds. The largest absolute Gasteiger partial charge is 0.473 e. The van der Waals surface area contributed by atoms with E-state index in [9.17, 15) is 4.79 Å². The molecule has 2 aromatic carbocycles. The van der Waals surface area contributed by atoms with E-state index in [4.69, 9.17) is 4.74 Å². The van der Waals surface area contributed by atoms with Crippen LogP contribution in [-0.4, -0.2) is 31.2 Å². The standard InChI is InChI=1S/C23H19N5O2S/c29-22(19-12-21(25-15-24-19)30-14-16-5-2-1-3-6-16)26-18-8-4-7-17(11-18)20-13-28-9-10-31-23(28)27-20/h1-8,11-13,15H,9-10,14H2,(H,26,29). The molecule has 2 aromatic heterocycles. The van der Waals surface area contributed by atoms with Gasteiger partial charge in [0.05, 0.1) is 5.69 Å². The van der Waals surface area contributed by atoms with Crippen molar-refractivity contribution in [2.45, 2.75) is 18.3 Å². The highest BCUT2D eigenvalue weighted by Crippen LogP contribution is 2.30. The van der Waals surface area contributed by atoms with Crippen molar-refractivity contribution in [2.75, 3.05) is 11.1 Å². The summed E-state index contributed by atoms with van der Waals surface area (Å²) in [5.41, 5.74) is 3.79. The average molecular weight is 430 g/mol. The molecule has 1 aliphatic heterocycles. The minimum absolute atomic E-state index is 0.237. The molecule has 5 rings (SSSR count). The molecule has 1 aliphatic rings. The summed E-state index contributed by atoms with van der Waals surface area (Å²) >= 11 is 1.76. The van der Waals surface area contributed by atoms with Crippen LogP contribution in [0.25, 0.3) is 11.3 Å². The van der Waals surface area contributed by atoms with E-state index in [2.05, 4.69) is 31.0 Å². The van der Waals surface area contributed by atoms with Crippen LogP contribution in [-0.2, 0) is 13.2 Å². The first kappa shape index (κ1) is 19.3. The van der Waals surface area contributed by atoms with Crippen molar-refractivity contribution in [3.05, 3.63) is 84.4 Å². The molecule has 8 heteroatoms. The van der Waals surface area contributed by atoms with Crippen LogP contribution in [0.3, 0.4) is 0 Å². The van der Waals surface area contributed by atoms with Crippen LogP contribution in [0.1, 0.15) is 16.1 Å². The zero-order chi connectivity index (χ0) is 21.0. The number of aromatic nitrogens is 4. The zero-order valence-corrected chi connectivity index (χ0v) is 17.4. The Morgan fingerprint density at radius 2 is 2.00 bits per heavy atom. The van der Waals surface area contributed by atoms with Gasteiger partial charge in [-0.05, 0) is 17.7 Å². The van der Waals surface area contributed by atoms with Gasteiger partial charge in [-0.1, -0.05) is 54.2 Å². The van der Waals surface area contributed by atoms with Crippen LogP contribution in [0.5, 0.6) is 5.88 Å². The number of amides is 1. The van der Waals surface area contributed by atoms with E-state index < -0.39 is 0 Å². The number of anilines is 1. The molecule has 31 heavy (non-hydrogen) atoms. The molecule has 0 saturated carbocycles. The SMILES string of the molecule is O=C(Nc1cccc(-c2cn3c(n2)SCC3)c1)c1cc(OCc2ccccc2)ncn1. The Labute approximate surface area is 183 Å². The maximum absolute atomic E-state index is 12.7. The Morgan fingerprint density at radius 1 is 1.10 bits per heavy atom. The lowest BCUT2D eigenvalue weighted by atomic mass is 10.1. The molecular formula is C23H19N5O2S. The van der Waals surface area contributed by atoms with Gasteiger partial charge in [0.1, 0.15) is 18.6 Å².